The summed E-state index contributed by atoms with van der Waals surface area (Å²) in [5.41, 5.74) is 5.38. The molecule has 0 amide bonds. The zero-order chi connectivity index (χ0) is 10.8. The highest BCUT2D eigenvalue weighted by Crippen LogP contribution is 2.38. The van der Waals surface area contributed by atoms with E-state index < -0.39 is 0 Å². The largest absolute Gasteiger partial charge is 0.372 e. The third kappa shape index (κ3) is 1.88. The highest BCUT2D eigenvalue weighted by atomic mass is 79.9. The predicted octanol–water partition coefficient (Wildman–Crippen LogP) is 3.73. The molecule has 1 unspecified atom stereocenters. The summed E-state index contributed by atoms with van der Waals surface area (Å²) < 4.78 is 5.50. The maximum Gasteiger partial charge on any atom is 0.104 e. The Hall–Kier alpha value is -0.600. The molecule has 0 aromatic heterocycles. The van der Waals surface area contributed by atoms with Gasteiger partial charge >= 0.3 is 0 Å². The summed E-state index contributed by atoms with van der Waals surface area (Å²) in [6.45, 7) is 2.13. The first-order valence-corrected chi connectivity index (χ1v) is 6.28. The third-order valence-electron chi connectivity index (χ3n) is 2.90. The van der Waals surface area contributed by atoms with Gasteiger partial charge in [-0.1, -0.05) is 40.2 Å². The molecule has 0 radical (unpaired) electrons. The topological polar surface area (TPSA) is 9.23 Å². The minimum absolute atomic E-state index is 0.162. The van der Waals surface area contributed by atoms with E-state index in [1.54, 1.807) is 7.11 Å². The number of hydrogen-bond acceptors (Lipinski definition) is 1. The van der Waals surface area contributed by atoms with Gasteiger partial charge in [0.25, 0.3) is 0 Å². The van der Waals surface area contributed by atoms with E-state index in [4.69, 9.17) is 4.74 Å². The van der Waals surface area contributed by atoms with Crippen LogP contribution in [0.2, 0.25) is 0 Å². The number of alkyl halides is 1. The first-order chi connectivity index (χ1) is 7.27. The van der Waals surface area contributed by atoms with Crippen molar-refractivity contribution in [3.8, 4) is 0 Å². The molecule has 0 bridgehead atoms. The van der Waals surface area contributed by atoms with E-state index in [1.807, 2.05) is 0 Å². The Morgan fingerprint density at radius 2 is 2.20 bits per heavy atom. The number of halogens is 1. The van der Waals surface area contributed by atoms with Crippen molar-refractivity contribution in [3.05, 3.63) is 40.5 Å². The Bertz CT molecular complexity index is 396. The van der Waals surface area contributed by atoms with Gasteiger partial charge in [0, 0.05) is 12.4 Å². The van der Waals surface area contributed by atoms with Gasteiger partial charge in [-0.25, -0.2) is 0 Å². The SMILES string of the molecule is COC1C(C)=Cc2c(CCBr)cccc21. The third-order valence-corrected chi connectivity index (χ3v) is 3.29. The average Bonchev–Trinajstić information content (AvgIpc) is 2.55. The van der Waals surface area contributed by atoms with Crippen LogP contribution >= 0.6 is 15.9 Å². The molecule has 1 aromatic rings. The van der Waals surface area contributed by atoms with Crippen molar-refractivity contribution in [1.82, 2.24) is 0 Å². The first kappa shape index (κ1) is 10.9. The summed E-state index contributed by atoms with van der Waals surface area (Å²) in [6, 6.07) is 6.48. The van der Waals surface area contributed by atoms with Crippen molar-refractivity contribution >= 4 is 22.0 Å². The Balaban J connectivity index is 2.45. The highest BCUT2D eigenvalue weighted by molar-refractivity contribution is 9.09. The van der Waals surface area contributed by atoms with Crippen LogP contribution in [0.4, 0.5) is 0 Å². The fourth-order valence-corrected chi connectivity index (χ4v) is 2.65. The van der Waals surface area contributed by atoms with Crippen LogP contribution in [-0.4, -0.2) is 12.4 Å². The molecule has 1 aliphatic carbocycles. The normalized spacial score (nSPS) is 18.9. The number of aryl methyl sites for hydroxylation is 1. The van der Waals surface area contributed by atoms with E-state index in [2.05, 4.69) is 47.1 Å². The number of ether oxygens (including phenoxy) is 1. The minimum atomic E-state index is 0.162. The molecule has 2 rings (SSSR count). The quantitative estimate of drug-likeness (QED) is 0.758. The monoisotopic (exact) mass is 266 g/mol. The van der Waals surface area contributed by atoms with Crippen LogP contribution in [0.1, 0.15) is 29.7 Å². The van der Waals surface area contributed by atoms with Gasteiger partial charge in [0.1, 0.15) is 6.10 Å². The van der Waals surface area contributed by atoms with Gasteiger partial charge in [-0.2, -0.15) is 0 Å². The molecule has 15 heavy (non-hydrogen) atoms. The van der Waals surface area contributed by atoms with Crippen molar-refractivity contribution in [2.45, 2.75) is 19.4 Å². The zero-order valence-electron chi connectivity index (χ0n) is 9.09. The molecule has 0 N–H and O–H groups in total. The number of methoxy groups -OCH3 is 1. The molecule has 80 valence electrons. The second kappa shape index (κ2) is 4.50. The number of rotatable bonds is 3. The summed E-state index contributed by atoms with van der Waals surface area (Å²) in [4.78, 5) is 0. The zero-order valence-corrected chi connectivity index (χ0v) is 10.7. The van der Waals surface area contributed by atoms with Gasteiger partial charge in [0.2, 0.25) is 0 Å². The lowest BCUT2D eigenvalue weighted by atomic mass is 10.0. The average molecular weight is 267 g/mol. The van der Waals surface area contributed by atoms with Gasteiger partial charge in [0.15, 0.2) is 0 Å². The Kier molecular flexibility index (Phi) is 3.27. The smallest absolute Gasteiger partial charge is 0.104 e. The summed E-state index contributed by atoms with van der Waals surface area (Å²) in [6.07, 6.45) is 3.49. The lowest BCUT2D eigenvalue weighted by Gasteiger charge is -2.13. The summed E-state index contributed by atoms with van der Waals surface area (Å²) in [7, 11) is 1.77. The molecule has 0 heterocycles. The van der Waals surface area contributed by atoms with Crippen LogP contribution in [-0.2, 0) is 11.2 Å². The standard InChI is InChI=1S/C13H15BrO/c1-9-8-12-10(6-7-14)4-3-5-11(12)13(9)15-2/h3-5,8,13H,6-7H2,1-2H3. The molecule has 0 spiro atoms. The van der Waals surface area contributed by atoms with Crippen molar-refractivity contribution in [3.63, 3.8) is 0 Å². The Labute approximate surface area is 99.3 Å². The van der Waals surface area contributed by atoms with Gasteiger partial charge in [-0.3, -0.25) is 0 Å². The number of hydrogen-bond donors (Lipinski definition) is 0. The fraction of sp³-hybridized carbons (Fsp3) is 0.385. The van der Waals surface area contributed by atoms with Crippen LogP contribution in [0, 0.1) is 0 Å². The molecule has 1 aromatic carbocycles. The van der Waals surface area contributed by atoms with E-state index in [0.29, 0.717) is 0 Å². The van der Waals surface area contributed by atoms with Crippen molar-refractivity contribution in [2.24, 2.45) is 0 Å². The number of fused-ring (bicyclic) bond motifs is 1. The molecular weight excluding hydrogens is 252 g/mol. The summed E-state index contributed by atoms with van der Waals surface area (Å²) in [5, 5.41) is 1.01. The lowest BCUT2D eigenvalue weighted by Crippen LogP contribution is -2.00. The Morgan fingerprint density at radius 1 is 1.40 bits per heavy atom. The van der Waals surface area contributed by atoms with Gasteiger partial charge in [0.05, 0.1) is 0 Å². The molecule has 2 heteroatoms. The van der Waals surface area contributed by atoms with E-state index in [-0.39, 0.29) is 6.10 Å². The molecule has 1 nitrogen and oxygen atoms in total. The molecule has 0 aliphatic heterocycles. The van der Waals surface area contributed by atoms with Crippen molar-refractivity contribution in [1.29, 1.82) is 0 Å². The predicted molar refractivity (Wildman–Crippen MR) is 67.3 cm³/mol. The first-order valence-electron chi connectivity index (χ1n) is 5.16. The molecule has 0 fully saturated rings. The highest BCUT2D eigenvalue weighted by Gasteiger charge is 2.23. The fourth-order valence-electron chi connectivity index (χ4n) is 2.22. The van der Waals surface area contributed by atoms with Crippen LogP contribution in [0.25, 0.3) is 6.08 Å². The van der Waals surface area contributed by atoms with Crippen LogP contribution in [0.15, 0.2) is 23.8 Å². The second-order valence-corrected chi connectivity index (χ2v) is 4.66. The molecular formula is C13H15BrO. The maximum atomic E-state index is 5.50. The van der Waals surface area contributed by atoms with E-state index >= 15 is 0 Å². The molecule has 0 saturated heterocycles. The van der Waals surface area contributed by atoms with Gasteiger partial charge < -0.3 is 4.74 Å². The maximum absolute atomic E-state index is 5.50. The van der Waals surface area contributed by atoms with Gasteiger partial charge in [-0.05, 0) is 35.6 Å². The van der Waals surface area contributed by atoms with Crippen LogP contribution in [0.5, 0.6) is 0 Å². The molecule has 0 saturated carbocycles. The Morgan fingerprint density at radius 3 is 2.87 bits per heavy atom. The van der Waals surface area contributed by atoms with Crippen molar-refractivity contribution in [2.75, 3.05) is 12.4 Å². The molecule has 1 atom stereocenters. The van der Waals surface area contributed by atoms with Gasteiger partial charge in [-0.15, -0.1) is 0 Å². The van der Waals surface area contributed by atoms with Crippen molar-refractivity contribution < 1.29 is 4.74 Å². The molecule has 1 aliphatic rings. The van der Waals surface area contributed by atoms with Crippen LogP contribution < -0.4 is 0 Å². The summed E-state index contributed by atoms with van der Waals surface area (Å²) in [5.74, 6) is 0. The second-order valence-electron chi connectivity index (χ2n) is 3.86. The van der Waals surface area contributed by atoms with E-state index in [9.17, 15) is 0 Å². The summed E-state index contributed by atoms with van der Waals surface area (Å²) >= 11 is 3.49. The minimum Gasteiger partial charge on any atom is -0.372 e. The number of benzene rings is 1. The van der Waals surface area contributed by atoms with Crippen LogP contribution in [0.3, 0.4) is 0 Å². The lowest BCUT2D eigenvalue weighted by molar-refractivity contribution is 0.136. The van der Waals surface area contributed by atoms with E-state index in [1.165, 1.54) is 22.3 Å². The van der Waals surface area contributed by atoms with E-state index in [0.717, 1.165) is 11.8 Å².